The highest BCUT2D eigenvalue weighted by molar-refractivity contribution is 7.92. The highest BCUT2D eigenvalue weighted by Gasteiger charge is 2.48. The van der Waals surface area contributed by atoms with E-state index in [0.717, 1.165) is 11.3 Å². The third-order valence-electron chi connectivity index (χ3n) is 6.63. The molecule has 5 rings (SSSR count). The molecule has 0 saturated carbocycles. The van der Waals surface area contributed by atoms with Crippen LogP contribution in [0, 0.1) is 0 Å². The van der Waals surface area contributed by atoms with Crippen molar-refractivity contribution in [2.24, 2.45) is 0 Å². The highest BCUT2D eigenvalue weighted by Crippen LogP contribution is 2.40. The molecule has 37 heavy (non-hydrogen) atoms. The fraction of sp³-hybridized carbons (Fsp3) is 0.296. The third kappa shape index (κ3) is 5.88. The zero-order valence-electron chi connectivity index (χ0n) is 20.2. The first-order valence-corrected chi connectivity index (χ1v) is 13.9. The molecule has 2 aromatic heterocycles. The minimum absolute atomic E-state index is 0.0161. The van der Waals surface area contributed by atoms with Crippen molar-refractivity contribution in [3.8, 4) is 5.75 Å². The molecule has 2 atom stereocenters. The van der Waals surface area contributed by atoms with Crippen LogP contribution < -0.4 is 4.74 Å². The summed E-state index contributed by atoms with van der Waals surface area (Å²) in [7, 11) is -4.63. The molecule has 8 nitrogen and oxygen atoms in total. The molecule has 0 aliphatic carbocycles. The van der Waals surface area contributed by atoms with Gasteiger partial charge >= 0.3 is 7.12 Å². The molecule has 1 aromatic carbocycles. The molecule has 10 heteroatoms. The summed E-state index contributed by atoms with van der Waals surface area (Å²) in [5.41, 5.74) is 3.00. The van der Waals surface area contributed by atoms with Crippen LogP contribution in [-0.4, -0.2) is 54.4 Å². The first-order valence-electron chi connectivity index (χ1n) is 12.2. The van der Waals surface area contributed by atoms with Crippen LogP contribution in [0.2, 0.25) is 6.32 Å². The van der Waals surface area contributed by atoms with Crippen molar-refractivity contribution in [3.05, 3.63) is 95.2 Å². The van der Waals surface area contributed by atoms with Gasteiger partial charge in [-0.2, -0.15) is 0 Å². The van der Waals surface area contributed by atoms with Gasteiger partial charge in [0.05, 0.1) is 22.8 Å². The topological polar surface area (TPSA) is 119 Å². The molecule has 2 N–H and O–H groups in total. The van der Waals surface area contributed by atoms with Gasteiger partial charge in [-0.05, 0) is 72.0 Å². The van der Waals surface area contributed by atoms with Crippen molar-refractivity contribution in [1.29, 1.82) is 0 Å². The predicted octanol–water partition coefficient (Wildman–Crippen LogP) is 3.54. The van der Waals surface area contributed by atoms with Crippen molar-refractivity contribution in [1.82, 2.24) is 4.98 Å². The van der Waals surface area contributed by atoms with Crippen LogP contribution in [0.4, 0.5) is 0 Å². The lowest BCUT2D eigenvalue weighted by Gasteiger charge is -2.32. The number of aromatic nitrogens is 1. The van der Waals surface area contributed by atoms with Crippen LogP contribution in [0.3, 0.4) is 0 Å². The Bertz CT molecular complexity index is 1390. The molecule has 192 valence electrons. The van der Waals surface area contributed by atoms with Gasteiger partial charge in [-0.25, -0.2) is 8.42 Å². The van der Waals surface area contributed by atoms with E-state index in [9.17, 15) is 18.5 Å². The van der Waals surface area contributed by atoms with Gasteiger partial charge in [-0.1, -0.05) is 24.3 Å². The molecule has 4 heterocycles. The van der Waals surface area contributed by atoms with E-state index in [1.165, 1.54) is 0 Å². The summed E-state index contributed by atoms with van der Waals surface area (Å²) < 4.78 is 43.5. The smallest absolute Gasteiger partial charge is 0.456 e. The molecule has 0 radical (unpaired) electrons. The molecule has 0 bridgehead atoms. The fourth-order valence-electron chi connectivity index (χ4n) is 4.94. The van der Waals surface area contributed by atoms with Gasteiger partial charge in [-0.15, -0.1) is 0 Å². The van der Waals surface area contributed by atoms with Crippen LogP contribution in [0.25, 0.3) is 11.6 Å². The normalized spacial score (nSPS) is 21.2. The van der Waals surface area contributed by atoms with Gasteiger partial charge in [0.2, 0.25) is 0 Å². The summed E-state index contributed by atoms with van der Waals surface area (Å²) in [6.45, 7) is -0.0529. The number of furan rings is 1. The van der Waals surface area contributed by atoms with Crippen LogP contribution in [0.15, 0.2) is 82.4 Å². The minimum atomic E-state index is -3.47. The standard InChI is InChI=1S/C27H28BNO7S/c30-16-23-11-10-22(35-23)14-19(24-8-4-5-13-29-24)9-12-25-27-20(17-34-21-6-2-1-3-7-21)18-37(32,33)26(27)15-28(31)36-25/h1-8,10-11,13-14,25-26,30-31H,9,12,15-18H2/b19-14-/t25-,26+/m1/s1. The molecule has 2 aliphatic rings. The van der Waals surface area contributed by atoms with Gasteiger partial charge in [0.25, 0.3) is 0 Å². The van der Waals surface area contributed by atoms with Gasteiger partial charge in [0.15, 0.2) is 9.84 Å². The van der Waals surface area contributed by atoms with E-state index >= 15 is 0 Å². The number of rotatable bonds is 9. The predicted molar refractivity (Wildman–Crippen MR) is 140 cm³/mol. The average Bonchev–Trinajstić information content (AvgIpc) is 3.47. The fourth-order valence-corrected chi connectivity index (χ4v) is 7.04. The van der Waals surface area contributed by atoms with E-state index in [-0.39, 0.29) is 25.3 Å². The Morgan fingerprint density at radius 1 is 1.14 bits per heavy atom. The summed E-state index contributed by atoms with van der Waals surface area (Å²) >= 11 is 0. The Morgan fingerprint density at radius 2 is 1.95 bits per heavy atom. The van der Waals surface area contributed by atoms with Crippen LogP contribution in [-0.2, 0) is 21.1 Å². The molecular formula is C27H28BNO7S. The number of aliphatic hydroxyl groups is 1. The summed E-state index contributed by atoms with van der Waals surface area (Å²) in [6, 6.07) is 18.3. The number of pyridine rings is 1. The summed E-state index contributed by atoms with van der Waals surface area (Å²) in [5.74, 6) is 1.58. The lowest BCUT2D eigenvalue weighted by Crippen LogP contribution is -2.42. The van der Waals surface area contributed by atoms with E-state index in [1.54, 1.807) is 18.3 Å². The largest absolute Gasteiger partial charge is 0.489 e. The SMILES string of the molecule is O=S1(=O)CC(COc2ccccc2)=C2[C@@H](CC/C(=C/c3ccc(CO)o3)c3ccccn3)OB(O)C[C@@H]21. The third-order valence-corrected chi connectivity index (χ3v) is 8.69. The van der Waals surface area contributed by atoms with E-state index in [1.807, 2.05) is 54.6 Å². The molecule has 0 unspecified atom stereocenters. The Morgan fingerprint density at radius 3 is 2.68 bits per heavy atom. The second-order valence-corrected chi connectivity index (χ2v) is 11.3. The maximum Gasteiger partial charge on any atom is 0.456 e. The summed E-state index contributed by atoms with van der Waals surface area (Å²) in [6.07, 6.45) is 3.92. The number of nitrogens with zero attached hydrogens (tertiary/aromatic N) is 1. The second-order valence-electron chi connectivity index (χ2n) is 9.16. The lowest BCUT2D eigenvalue weighted by atomic mass is 9.74. The van der Waals surface area contributed by atoms with Crippen molar-refractivity contribution < 1.29 is 32.4 Å². The highest BCUT2D eigenvalue weighted by atomic mass is 32.2. The van der Waals surface area contributed by atoms with Crippen molar-refractivity contribution in [3.63, 3.8) is 0 Å². The molecule has 2 aliphatic heterocycles. The maximum atomic E-state index is 13.0. The minimum Gasteiger partial charge on any atom is -0.489 e. The number of para-hydroxylation sites is 1. The van der Waals surface area contributed by atoms with Crippen molar-refractivity contribution in [2.45, 2.75) is 37.1 Å². The molecule has 0 amide bonds. The van der Waals surface area contributed by atoms with E-state index in [0.29, 0.717) is 41.3 Å². The summed E-state index contributed by atoms with van der Waals surface area (Å²) in [5, 5.41) is 19.0. The van der Waals surface area contributed by atoms with E-state index in [2.05, 4.69) is 4.98 Å². The number of hydrogen-bond donors (Lipinski definition) is 2. The van der Waals surface area contributed by atoms with E-state index in [4.69, 9.17) is 13.8 Å². The Balaban J connectivity index is 1.42. The Kier molecular flexibility index (Phi) is 7.61. The number of aliphatic hydroxyl groups excluding tert-OH is 1. The van der Waals surface area contributed by atoms with Gasteiger partial charge in [-0.3, -0.25) is 4.98 Å². The zero-order chi connectivity index (χ0) is 25.8. The molecular weight excluding hydrogens is 493 g/mol. The molecule has 3 aromatic rings. The number of fused-ring (bicyclic) bond motifs is 1. The Hall–Kier alpha value is -3.18. The lowest BCUT2D eigenvalue weighted by molar-refractivity contribution is 0.170. The maximum absolute atomic E-state index is 13.0. The molecule has 1 saturated heterocycles. The molecule has 0 spiro atoms. The Labute approximate surface area is 216 Å². The summed E-state index contributed by atoms with van der Waals surface area (Å²) in [4.78, 5) is 4.47. The average molecular weight is 521 g/mol. The first kappa shape index (κ1) is 25.5. The number of ether oxygens (including phenoxy) is 1. The number of allylic oxidation sites excluding steroid dienone is 1. The van der Waals surface area contributed by atoms with E-state index < -0.39 is 28.3 Å². The number of hydrogen-bond acceptors (Lipinski definition) is 8. The van der Waals surface area contributed by atoms with Crippen LogP contribution in [0.5, 0.6) is 5.75 Å². The van der Waals surface area contributed by atoms with Crippen molar-refractivity contribution >= 4 is 28.6 Å². The van der Waals surface area contributed by atoms with Crippen LogP contribution in [0.1, 0.15) is 30.1 Å². The van der Waals surface area contributed by atoms with Gasteiger partial charge < -0.3 is 23.9 Å². The monoisotopic (exact) mass is 521 g/mol. The zero-order valence-corrected chi connectivity index (χ0v) is 21.0. The second kappa shape index (κ2) is 11.1. The molecule has 1 fully saturated rings. The van der Waals surface area contributed by atoms with Gasteiger partial charge in [0.1, 0.15) is 30.5 Å². The number of benzene rings is 1. The quantitative estimate of drug-likeness (QED) is 0.324. The van der Waals surface area contributed by atoms with Crippen molar-refractivity contribution in [2.75, 3.05) is 12.4 Å². The number of sulfone groups is 1. The first-order chi connectivity index (χ1) is 17.9. The van der Waals surface area contributed by atoms with Crippen LogP contribution >= 0.6 is 0 Å². The van der Waals surface area contributed by atoms with Gasteiger partial charge in [0, 0.05) is 12.5 Å².